The van der Waals surface area contributed by atoms with Crippen molar-refractivity contribution >= 4 is 11.8 Å². The monoisotopic (exact) mass is 344 g/mol. The van der Waals surface area contributed by atoms with E-state index >= 15 is 0 Å². The molecule has 0 amide bonds. The molecule has 0 aliphatic carbocycles. The Morgan fingerprint density at radius 1 is 1.16 bits per heavy atom. The van der Waals surface area contributed by atoms with E-state index < -0.39 is 0 Å². The Bertz CT molecular complexity index is 702. The molecule has 1 aliphatic heterocycles. The summed E-state index contributed by atoms with van der Waals surface area (Å²) in [4.78, 5) is 19.8. The number of aliphatic hydroxyl groups excluding tert-OH is 2. The van der Waals surface area contributed by atoms with Crippen LogP contribution in [0.3, 0.4) is 0 Å². The van der Waals surface area contributed by atoms with Crippen LogP contribution in [0.4, 0.5) is 11.8 Å². The fourth-order valence-electron chi connectivity index (χ4n) is 3.36. The molecule has 1 fully saturated rings. The van der Waals surface area contributed by atoms with Crippen molar-refractivity contribution in [1.29, 1.82) is 0 Å². The number of hydrogen-bond donors (Lipinski definition) is 3. The number of hydrogen-bond acceptors (Lipinski definition) is 8. The van der Waals surface area contributed by atoms with Crippen LogP contribution < -0.4 is 5.32 Å². The molecule has 25 heavy (non-hydrogen) atoms. The first-order valence-electron chi connectivity index (χ1n) is 8.50. The van der Waals surface area contributed by atoms with Gasteiger partial charge in [0, 0.05) is 23.8 Å². The predicted molar refractivity (Wildman–Crippen MR) is 93.5 cm³/mol. The van der Waals surface area contributed by atoms with E-state index in [9.17, 15) is 10.2 Å². The van der Waals surface area contributed by atoms with Gasteiger partial charge in [-0.1, -0.05) is 0 Å². The first-order valence-corrected chi connectivity index (χ1v) is 8.50. The molecule has 3 rings (SSSR count). The Labute approximate surface area is 147 Å². The van der Waals surface area contributed by atoms with Crippen LogP contribution >= 0.6 is 0 Å². The molecule has 8 heteroatoms. The summed E-state index contributed by atoms with van der Waals surface area (Å²) in [6, 6.07) is 1.61. The van der Waals surface area contributed by atoms with Crippen molar-refractivity contribution in [2.75, 3.05) is 25.1 Å². The highest BCUT2D eigenvalue weighted by Crippen LogP contribution is 2.35. The van der Waals surface area contributed by atoms with Crippen LogP contribution in [0, 0.1) is 13.8 Å². The van der Waals surface area contributed by atoms with Gasteiger partial charge >= 0.3 is 0 Å². The van der Waals surface area contributed by atoms with Crippen molar-refractivity contribution < 1.29 is 10.2 Å². The summed E-state index contributed by atoms with van der Waals surface area (Å²) in [5.41, 5.74) is 2.54. The minimum Gasteiger partial charge on any atom is -0.395 e. The van der Waals surface area contributed by atoms with E-state index in [1.54, 1.807) is 12.4 Å². The first-order chi connectivity index (χ1) is 12.1. The lowest BCUT2D eigenvalue weighted by atomic mass is 10.1. The lowest BCUT2D eigenvalue weighted by molar-refractivity contribution is 0.0643. The molecular weight excluding hydrogens is 320 g/mol. The number of anilines is 2. The van der Waals surface area contributed by atoms with Crippen molar-refractivity contribution in [3.8, 4) is 0 Å². The summed E-state index contributed by atoms with van der Waals surface area (Å²) < 4.78 is 0. The average Bonchev–Trinajstić information content (AvgIpc) is 3.05. The zero-order valence-electron chi connectivity index (χ0n) is 14.6. The highest BCUT2D eigenvalue weighted by molar-refractivity contribution is 5.52. The molecule has 3 heterocycles. The topological polar surface area (TPSA) is 107 Å². The third-order valence-electron chi connectivity index (χ3n) is 4.44. The van der Waals surface area contributed by atoms with Crippen molar-refractivity contribution in [1.82, 2.24) is 24.8 Å². The number of nitrogens with zero attached hydrogens (tertiary/aromatic N) is 5. The number of aromatic nitrogens is 4. The molecule has 1 aliphatic rings. The molecule has 0 spiro atoms. The Morgan fingerprint density at radius 2 is 1.84 bits per heavy atom. The summed E-state index contributed by atoms with van der Waals surface area (Å²) in [7, 11) is 0. The number of nitrogens with one attached hydrogen (secondary N) is 1. The Morgan fingerprint density at radius 3 is 2.52 bits per heavy atom. The smallest absolute Gasteiger partial charge is 0.228 e. The molecule has 0 unspecified atom stereocenters. The molecule has 0 saturated carbocycles. The third-order valence-corrected chi connectivity index (χ3v) is 4.44. The largest absolute Gasteiger partial charge is 0.395 e. The van der Waals surface area contributed by atoms with E-state index in [1.165, 1.54) is 0 Å². The quantitative estimate of drug-likeness (QED) is 0.715. The summed E-state index contributed by atoms with van der Waals surface area (Å²) in [6.45, 7) is 4.48. The van der Waals surface area contributed by atoms with Crippen LogP contribution in [0.25, 0.3) is 0 Å². The van der Waals surface area contributed by atoms with E-state index in [1.807, 2.05) is 19.9 Å². The summed E-state index contributed by atoms with van der Waals surface area (Å²) in [5, 5.41) is 22.3. The van der Waals surface area contributed by atoms with Crippen molar-refractivity contribution in [3.05, 3.63) is 35.5 Å². The second kappa shape index (κ2) is 7.81. The minimum absolute atomic E-state index is 0.00796. The molecular formula is C17H24N6O2. The van der Waals surface area contributed by atoms with Gasteiger partial charge in [0.1, 0.15) is 5.69 Å². The zero-order chi connectivity index (χ0) is 17.8. The van der Waals surface area contributed by atoms with Gasteiger partial charge in [-0.3, -0.25) is 9.88 Å². The fourth-order valence-corrected chi connectivity index (χ4v) is 3.36. The molecule has 0 bridgehead atoms. The maximum absolute atomic E-state index is 9.54. The van der Waals surface area contributed by atoms with Crippen LogP contribution in [-0.2, 0) is 0 Å². The van der Waals surface area contributed by atoms with Crippen LogP contribution in [0.1, 0.15) is 36.0 Å². The molecule has 0 aromatic carbocycles. The Balaban J connectivity index is 1.90. The maximum atomic E-state index is 9.54. The van der Waals surface area contributed by atoms with E-state index in [4.69, 9.17) is 0 Å². The number of aryl methyl sites for hydroxylation is 2. The molecule has 2 aromatic heterocycles. The van der Waals surface area contributed by atoms with Gasteiger partial charge < -0.3 is 15.5 Å². The molecule has 2 aromatic rings. The Kier molecular flexibility index (Phi) is 5.52. The van der Waals surface area contributed by atoms with Gasteiger partial charge in [0.25, 0.3) is 0 Å². The van der Waals surface area contributed by atoms with Gasteiger partial charge in [-0.2, -0.15) is 0 Å². The average molecular weight is 344 g/mol. The SMILES string of the molecule is Cc1cc(C)nc(Nc2nccnc2[C@@H]2CCCN2C(CO)CO)n1. The van der Waals surface area contributed by atoms with Crippen LogP contribution in [0.5, 0.6) is 0 Å². The van der Waals surface area contributed by atoms with E-state index in [0.717, 1.165) is 36.5 Å². The van der Waals surface area contributed by atoms with Gasteiger partial charge in [0.15, 0.2) is 5.82 Å². The van der Waals surface area contributed by atoms with Crippen LogP contribution in [0.15, 0.2) is 18.5 Å². The number of rotatable bonds is 6. The summed E-state index contributed by atoms with van der Waals surface area (Å²) in [5.74, 6) is 1.10. The van der Waals surface area contributed by atoms with E-state index in [-0.39, 0.29) is 25.3 Å². The summed E-state index contributed by atoms with van der Waals surface area (Å²) in [6.07, 6.45) is 5.17. The van der Waals surface area contributed by atoms with Gasteiger partial charge in [-0.25, -0.2) is 15.0 Å². The molecule has 8 nitrogen and oxygen atoms in total. The maximum Gasteiger partial charge on any atom is 0.228 e. The highest BCUT2D eigenvalue weighted by Gasteiger charge is 2.34. The van der Waals surface area contributed by atoms with Crippen molar-refractivity contribution in [2.24, 2.45) is 0 Å². The predicted octanol–water partition coefficient (Wildman–Crippen LogP) is 1.12. The normalized spacial score (nSPS) is 18.0. The van der Waals surface area contributed by atoms with Crippen molar-refractivity contribution in [2.45, 2.75) is 38.8 Å². The lowest BCUT2D eigenvalue weighted by Crippen LogP contribution is -2.40. The standard InChI is InChI=1S/C17H24N6O2/c1-11-8-12(2)21-17(20-11)22-16-15(18-5-6-19-16)14-4-3-7-23(14)13(9-24)10-25/h5-6,8,13-14,24-25H,3-4,7,9-10H2,1-2H3,(H,19,20,21,22)/t14-/m0/s1. The van der Waals surface area contributed by atoms with Gasteiger partial charge in [-0.05, 0) is 39.3 Å². The second-order valence-corrected chi connectivity index (χ2v) is 6.30. The Hall–Kier alpha value is -2.16. The number of aliphatic hydroxyl groups is 2. The lowest BCUT2D eigenvalue weighted by Gasteiger charge is -2.30. The molecule has 0 radical (unpaired) electrons. The van der Waals surface area contributed by atoms with Gasteiger partial charge in [0.05, 0.1) is 25.3 Å². The molecule has 1 saturated heterocycles. The van der Waals surface area contributed by atoms with Gasteiger partial charge in [-0.15, -0.1) is 0 Å². The van der Waals surface area contributed by atoms with Crippen molar-refractivity contribution in [3.63, 3.8) is 0 Å². The highest BCUT2D eigenvalue weighted by atomic mass is 16.3. The molecule has 134 valence electrons. The zero-order valence-corrected chi connectivity index (χ0v) is 14.6. The minimum atomic E-state index is -0.292. The summed E-state index contributed by atoms with van der Waals surface area (Å²) >= 11 is 0. The second-order valence-electron chi connectivity index (χ2n) is 6.30. The van der Waals surface area contributed by atoms with Gasteiger partial charge in [0.2, 0.25) is 5.95 Å². The van der Waals surface area contributed by atoms with E-state index in [2.05, 4.69) is 30.2 Å². The fraction of sp³-hybridized carbons (Fsp3) is 0.529. The molecule has 3 N–H and O–H groups in total. The van der Waals surface area contributed by atoms with Crippen LogP contribution in [-0.4, -0.2) is 60.8 Å². The third kappa shape index (κ3) is 3.92. The number of likely N-dealkylation sites (tertiary alicyclic amines) is 1. The van der Waals surface area contributed by atoms with E-state index in [0.29, 0.717) is 11.8 Å². The molecule has 1 atom stereocenters. The first kappa shape index (κ1) is 17.7. The van der Waals surface area contributed by atoms with Crippen LogP contribution in [0.2, 0.25) is 0 Å².